The summed E-state index contributed by atoms with van der Waals surface area (Å²) in [4.78, 5) is 37.2. The predicted octanol–water partition coefficient (Wildman–Crippen LogP) is 4.12. The number of para-hydroxylation sites is 1. The molecule has 2 aromatic carbocycles. The van der Waals surface area contributed by atoms with Crippen molar-refractivity contribution in [3.8, 4) is 11.5 Å². The van der Waals surface area contributed by atoms with E-state index in [1.165, 1.54) is 7.11 Å². The smallest absolute Gasteiger partial charge is 0.323 e. The molecule has 0 atom stereocenters. The van der Waals surface area contributed by atoms with E-state index in [1.807, 2.05) is 24.3 Å². The topological polar surface area (TPSA) is 105 Å². The average molecular weight is 501 g/mol. The Hall–Kier alpha value is -3.37. The predicted molar refractivity (Wildman–Crippen MR) is 135 cm³/mol. The fourth-order valence-electron chi connectivity index (χ4n) is 3.26. The highest BCUT2D eigenvalue weighted by atomic mass is 32.2. The summed E-state index contributed by atoms with van der Waals surface area (Å²) in [6.07, 6.45) is 1.60. The molecule has 0 saturated carbocycles. The summed E-state index contributed by atoms with van der Waals surface area (Å²) in [5.41, 5.74) is 2.41. The number of amides is 2. The van der Waals surface area contributed by atoms with Gasteiger partial charge in [-0.2, -0.15) is 0 Å². The lowest BCUT2D eigenvalue weighted by molar-refractivity contribution is -0.140. The van der Waals surface area contributed by atoms with E-state index < -0.39 is 18.4 Å². The van der Waals surface area contributed by atoms with Crippen molar-refractivity contribution in [1.29, 1.82) is 0 Å². The van der Waals surface area contributed by atoms with Gasteiger partial charge in [-0.05, 0) is 41.3 Å². The van der Waals surface area contributed by atoms with Crippen LogP contribution >= 0.6 is 24.0 Å². The van der Waals surface area contributed by atoms with Crippen LogP contribution in [0.15, 0.2) is 47.4 Å². The Morgan fingerprint density at radius 1 is 1.21 bits per heavy atom. The summed E-state index contributed by atoms with van der Waals surface area (Å²) in [5.74, 6) is -0.904. The van der Waals surface area contributed by atoms with Crippen LogP contribution in [0, 0.1) is 0 Å². The molecule has 1 heterocycles. The number of anilines is 1. The van der Waals surface area contributed by atoms with Gasteiger partial charge in [0.05, 0.1) is 12.0 Å². The summed E-state index contributed by atoms with van der Waals surface area (Å²) >= 11 is 6.14. The lowest BCUT2D eigenvalue weighted by Gasteiger charge is -2.15. The molecule has 3 rings (SSSR count). The van der Waals surface area contributed by atoms with E-state index in [4.69, 9.17) is 26.8 Å². The quantitative estimate of drug-likeness (QED) is 0.391. The molecule has 34 heavy (non-hydrogen) atoms. The minimum absolute atomic E-state index is 0.190. The molecule has 0 aromatic heterocycles. The number of hydrogen-bond donors (Lipinski definition) is 2. The van der Waals surface area contributed by atoms with Crippen LogP contribution in [-0.4, -0.2) is 52.4 Å². The number of carbonyl (C=O) groups excluding carboxylic acids is 2. The molecule has 8 nitrogen and oxygen atoms in total. The fourth-order valence-corrected chi connectivity index (χ4v) is 4.52. The molecule has 1 fully saturated rings. The number of carboxylic acids is 1. The number of benzene rings is 2. The maximum atomic E-state index is 12.5. The summed E-state index contributed by atoms with van der Waals surface area (Å²) in [6.45, 7) is 3.41. The highest BCUT2D eigenvalue weighted by Crippen LogP contribution is 2.34. The van der Waals surface area contributed by atoms with E-state index in [2.05, 4.69) is 19.2 Å². The van der Waals surface area contributed by atoms with Crippen LogP contribution in [0.25, 0.3) is 6.08 Å². The zero-order chi connectivity index (χ0) is 24.8. The number of rotatable bonds is 9. The van der Waals surface area contributed by atoms with E-state index in [0.29, 0.717) is 22.0 Å². The zero-order valence-corrected chi connectivity index (χ0v) is 20.5. The second-order valence-corrected chi connectivity index (χ2v) is 9.33. The van der Waals surface area contributed by atoms with Gasteiger partial charge in [0.15, 0.2) is 18.1 Å². The van der Waals surface area contributed by atoms with Crippen molar-refractivity contribution in [2.24, 2.45) is 0 Å². The van der Waals surface area contributed by atoms with Gasteiger partial charge >= 0.3 is 5.97 Å². The molecule has 2 amide bonds. The third-order valence-electron chi connectivity index (χ3n) is 4.87. The molecule has 0 spiro atoms. The summed E-state index contributed by atoms with van der Waals surface area (Å²) in [7, 11) is 1.47. The van der Waals surface area contributed by atoms with Gasteiger partial charge in [0.1, 0.15) is 10.9 Å². The van der Waals surface area contributed by atoms with Crippen LogP contribution < -0.4 is 14.8 Å². The Bertz CT molecular complexity index is 1160. The molecule has 1 aliphatic rings. The molecule has 0 bridgehead atoms. The van der Waals surface area contributed by atoms with Gasteiger partial charge in [0.25, 0.3) is 11.8 Å². The number of ether oxygens (including phenoxy) is 2. The first-order valence-electron chi connectivity index (χ1n) is 10.4. The number of carboxylic acid groups (broad SMARTS) is 1. The minimum Gasteiger partial charge on any atom is -0.493 e. The molecular weight excluding hydrogens is 476 g/mol. The van der Waals surface area contributed by atoms with Crippen molar-refractivity contribution in [3.05, 3.63) is 58.5 Å². The number of nitrogens with zero attached hydrogens (tertiary/aromatic N) is 1. The largest absolute Gasteiger partial charge is 0.493 e. The molecular formula is C24H24N2O6S2. The molecule has 178 valence electrons. The second kappa shape index (κ2) is 11.2. The van der Waals surface area contributed by atoms with Gasteiger partial charge in [0, 0.05) is 5.69 Å². The summed E-state index contributed by atoms with van der Waals surface area (Å²) in [5, 5.41) is 11.8. The van der Waals surface area contributed by atoms with Gasteiger partial charge in [-0.25, -0.2) is 0 Å². The number of hydrogen-bond acceptors (Lipinski definition) is 7. The first-order valence-corrected chi connectivity index (χ1v) is 11.6. The van der Waals surface area contributed by atoms with Crippen molar-refractivity contribution < 1.29 is 29.0 Å². The number of carbonyl (C=O) groups is 3. The Kier molecular flexibility index (Phi) is 8.30. The molecule has 2 N–H and O–H groups in total. The van der Waals surface area contributed by atoms with Crippen molar-refractivity contribution in [2.75, 3.05) is 25.6 Å². The molecule has 2 aromatic rings. The van der Waals surface area contributed by atoms with Crippen LogP contribution in [0.2, 0.25) is 0 Å². The van der Waals surface area contributed by atoms with Crippen LogP contribution in [0.3, 0.4) is 0 Å². The number of nitrogens with one attached hydrogen (secondary N) is 1. The average Bonchev–Trinajstić information content (AvgIpc) is 3.05. The number of methoxy groups -OCH3 is 1. The summed E-state index contributed by atoms with van der Waals surface area (Å²) in [6, 6.07) is 12.6. The van der Waals surface area contributed by atoms with E-state index >= 15 is 0 Å². The van der Waals surface area contributed by atoms with Crippen molar-refractivity contribution in [3.63, 3.8) is 0 Å². The fraction of sp³-hybridized carbons (Fsp3) is 0.250. The van der Waals surface area contributed by atoms with Crippen LogP contribution in [-0.2, 0) is 14.4 Å². The number of aliphatic carboxylic acids is 1. The number of thioether (sulfide) groups is 1. The van der Waals surface area contributed by atoms with Gasteiger partial charge in [0.2, 0.25) is 0 Å². The van der Waals surface area contributed by atoms with Gasteiger partial charge < -0.3 is 19.9 Å². The third-order valence-corrected chi connectivity index (χ3v) is 6.25. The van der Waals surface area contributed by atoms with Gasteiger partial charge in [-0.1, -0.05) is 62.1 Å². The monoisotopic (exact) mass is 500 g/mol. The van der Waals surface area contributed by atoms with Crippen molar-refractivity contribution in [2.45, 2.75) is 19.8 Å². The molecule has 0 unspecified atom stereocenters. The molecule has 10 heteroatoms. The van der Waals surface area contributed by atoms with E-state index in [0.717, 1.165) is 27.9 Å². The van der Waals surface area contributed by atoms with Crippen molar-refractivity contribution in [1.82, 2.24) is 4.90 Å². The van der Waals surface area contributed by atoms with Gasteiger partial charge in [-0.3, -0.25) is 19.3 Å². The second-order valence-electron chi connectivity index (χ2n) is 7.65. The normalized spacial score (nSPS) is 14.6. The highest BCUT2D eigenvalue weighted by Gasteiger charge is 2.33. The Morgan fingerprint density at radius 3 is 2.62 bits per heavy atom. The highest BCUT2D eigenvalue weighted by molar-refractivity contribution is 8.26. The SMILES string of the molecule is COc1cc(C=C2SC(=S)N(CC(=O)O)C2=O)ccc1OCC(=O)Nc1ccccc1C(C)C. The molecule has 1 saturated heterocycles. The van der Waals surface area contributed by atoms with E-state index in [-0.39, 0.29) is 22.8 Å². The molecule has 1 aliphatic heterocycles. The van der Waals surface area contributed by atoms with Gasteiger partial charge in [-0.15, -0.1) is 0 Å². The standard InChI is InChI=1S/C24H24N2O6S2/c1-14(2)16-6-4-5-7-17(16)25-21(27)13-32-18-9-8-15(10-19(18)31-3)11-20-23(30)26(12-22(28)29)24(33)34-20/h4-11,14H,12-13H2,1-3H3,(H,25,27)(H,28,29). The van der Waals surface area contributed by atoms with Crippen LogP contribution in [0.5, 0.6) is 11.5 Å². The maximum Gasteiger partial charge on any atom is 0.323 e. The zero-order valence-electron chi connectivity index (χ0n) is 18.9. The van der Waals surface area contributed by atoms with Crippen LogP contribution in [0.4, 0.5) is 5.69 Å². The van der Waals surface area contributed by atoms with Crippen molar-refractivity contribution >= 4 is 57.8 Å². The first kappa shape index (κ1) is 25.3. The summed E-state index contributed by atoms with van der Waals surface area (Å²) < 4.78 is 11.2. The lowest BCUT2D eigenvalue weighted by Crippen LogP contribution is -2.33. The first-order chi connectivity index (χ1) is 16.2. The lowest BCUT2D eigenvalue weighted by atomic mass is 10.0. The number of thiocarbonyl (C=S) groups is 1. The Balaban J connectivity index is 1.68. The van der Waals surface area contributed by atoms with E-state index in [9.17, 15) is 14.4 Å². The Morgan fingerprint density at radius 2 is 1.94 bits per heavy atom. The molecule has 0 radical (unpaired) electrons. The van der Waals surface area contributed by atoms with E-state index in [1.54, 1.807) is 24.3 Å². The minimum atomic E-state index is -1.14. The van der Waals surface area contributed by atoms with Crippen LogP contribution in [0.1, 0.15) is 30.9 Å². The third kappa shape index (κ3) is 6.15. The Labute approximate surface area is 206 Å². The molecule has 0 aliphatic carbocycles. The maximum absolute atomic E-state index is 12.5.